The molecule has 1 fully saturated rings. The van der Waals surface area contributed by atoms with Crippen molar-refractivity contribution in [2.24, 2.45) is 5.11 Å². The number of rotatable bonds is 3. The summed E-state index contributed by atoms with van der Waals surface area (Å²) in [6, 6.07) is 0. The van der Waals surface area contributed by atoms with Crippen molar-refractivity contribution in [3.8, 4) is 0 Å². The fraction of sp³-hybridized carbons (Fsp3) is 1.00. The van der Waals surface area contributed by atoms with Crippen molar-refractivity contribution in [1.29, 1.82) is 0 Å². The summed E-state index contributed by atoms with van der Waals surface area (Å²) in [4.78, 5) is 2.05. The molecule has 0 amide bonds. The molecule has 0 aromatic carbocycles. The second kappa shape index (κ2) is 2.66. The van der Waals surface area contributed by atoms with Gasteiger partial charge in [-0.05, 0) is 18.4 Å². The smallest absolute Gasteiger partial charge is 0.0788 e. The third kappa shape index (κ3) is 1.53. The fourth-order valence-corrected chi connectivity index (χ4v) is 0.894. The Morgan fingerprint density at radius 2 is 2.40 bits per heavy atom. The van der Waals surface area contributed by atoms with E-state index in [4.69, 9.17) is 17.1 Å². The van der Waals surface area contributed by atoms with Crippen LogP contribution in [0.15, 0.2) is 5.11 Å². The molecule has 5 heteroatoms. The van der Waals surface area contributed by atoms with Gasteiger partial charge in [-0.25, -0.2) is 0 Å². The molecule has 0 saturated heterocycles. The minimum Gasteiger partial charge on any atom is -0.391 e. The molecule has 1 unspecified atom stereocenters. The largest absolute Gasteiger partial charge is 0.391 e. The van der Waals surface area contributed by atoms with Crippen LogP contribution in [-0.2, 0) is 0 Å². The monoisotopic (exact) mass is 161 g/mol. The van der Waals surface area contributed by atoms with Gasteiger partial charge in [0.15, 0.2) is 0 Å². The van der Waals surface area contributed by atoms with Gasteiger partial charge in [0.05, 0.1) is 17.5 Å². The zero-order valence-corrected chi connectivity index (χ0v) is 6.12. The van der Waals surface area contributed by atoms with Crippen molar-refractivity contribution in [1.82, 2.24) is 0 Å². The Bertz CT molecular complexity index is 174. The zero-order chi connectivity index (χ0) is 7.61. The van der Waals surface area contributed by atoms with Crippen LogP contribution >= 0.6 is 11.6 Å². The zero-order valence-electron chi connectivity index (χ0n) is 5.37. The normalized spacial score (nSPS) is 23.0. The molecule has 1 aliphatic carbocycles. The van der Waals surface area contributed by atoms with E-state index < -0.39 is 11.0 Å². The average Bonchev–Trinajstić information content (AvgIpc) is 2.64. The van der Waals surface area contributed by atoms with E-state index in [-0.39, 0.29) is 6.54 Å². The van der Waals surface area contributed by atoms with E-state index in [0.717, 1.165) is 12.8 Å². The van der Waals surface area contributed by atoms with Gasteiger partial charge in [0.2, 0.25) is 0 Å². The molecule has 1 aliphatic rings. The molecule has 0 aromatic heterocycles. The Morgan fingerprint density at radius 1 is 1.80 bits per heavy atom. The van der Waals surface area contributed by atoms with Gasteiger partial charge >= 0.3 is 0 Å². The van der Waals surface area contributed by atoms with E-state index >= 15 is 0 Å². The molecule has 0 bridgehead atoms. The van der Waals surface area contributed by atoms with E-state index in [0.29, 0.717) is 0 Å². The lowest BCUT2D eigenvalue weighted by atomic mass is 10.2. The third-order valence-corrected chi connectivity index (χ3v) is 2.27. The molecule has 1 atom stereocenters. The van der Waals surface area contributed by atoms with Gasteiger partial charge in [0.25, 0.3) is 0 Å². The van der Waals surface area contributed by atoms with Crippen LogP contribution in [0, 0.1) is 0 Å². The summed E-state index contributed by atoms with van der Waals surface area (Å²) in [6.07, 6.45) is 0.956. The Kier molecular flexibility index (Phi) is 2.04. The predicted octanol–water partition coefficient (Wildman–Crippen LogP) is 1.43. The lowest BCUT2D eigenvalue weighted by molar-refractivity contribution is 0.170. The summed E-state index contributed by atoms with van der Waals surface area (Å²) in [5.41, 5.74) is 7.91. The Hall–Kier alpha value is -0.440. The van der Waals surface area contributed by atoms with E-state index in [1.807, 2.05) is 0 Å². The number of azide groups is 1. The average molecular weight is 162 g/mol. The minimum absolute atomic E-state index is 0.0833. The van der Waals surface area contributed by atoms with E-state index in [2.05, 4.69) is 10.0 Å². The van der Waals surface area contributed by atoms with Crippen LogP contribution in [0.2, 0.25) is 0 Å². The van der Waals surface area contributed by atoms with Crippen LogP contribution in [0.3, 0.4) is 0 Å². The minimum atomic E-state index is -0.676. The first-order chi connectivity index (χ1) is 4.69. The van der Waals surface area contributed by atoms with E-state index in [1.54, 1.807) is 0 Å². The number of nitrogens with zero attached hydrogens (tertiary/aromatic N) is 3. The molecule has 1 rings (SSSR count). The highest BCUT2D eigenvalue weighted by molar-refractivity contribution is 6.26. The molecular weight excluding hydrogens is 154 g/mol. The Labute approximate surface area is 63.4 Å². The van der Waals surface area contributed by atoms with Crippen molar-refractivity contribution in [3.05, 3.63) is 10.4 Å². The molecule has 4 nitrogen and oxygen atoms in total. The van der Waals surface area contributed by atoms with Crippen LogP contribution in [0.5, 0.6) is 0 Å². The summed E-state index contributed by atoms with van der Waals surface area (Å²) in [7, 11) is 0. The molecule has 1 N–H and O–H groups in total. The predicted molar refractivity (Wildman–Crippen MR) is 37.8 cm³/mol. The van der Waals surface area contributed by atoms with Gasteiger partial charge in [-0.2, -0.15) is 0 Å². The van der Waals surface area contributed by atoms with Crippen LogP contribution in [0.1, 0.15) is 12.8 Å². The maximum absolute atomic E-state index is 9.18. The first kappa shape index (κ1) is 7.66. The lowest BCUT2D eigenvalue weighted by Crippen LogP contribution is -2.24. The molecule has 1 saturated carbocycles. The Morgan fingerprint density at radius 3 is 2.80 bits per heavy atom. The number of alkyl halides is 1. The van der Waals surface area contributed by atoms with Crippen LogP contribution in [-0.4, -0.2) is 22.6 Å². The van der Waals surface area contributed by atoms with Crippen LogP contribution in [0.25, 0.3) is 10.4 Å². The van der Waals surface area contributed by atoms with Gasteiger partial charge in [0.1, 0.15) is 0 Å². The molecule has 56 valence electrons. The molecule has 0 aromatic rings. The van der Waals surface area contributed by atoms with Gasteiger partial charge in [-0.3, -0.25) is 0 Å². The molecule has 10 heavy (non-hydrogen) atoms. The van der Waals surface area contributed by atoms with Crippen molar-refractivity contribution in [3.63, 3.8) is 0 Å². The van der Waals surface area contributed by atoms with Crippen molar-refractivity contribution < 1.29 is 5.11 Å². The third-order valence-electron chi connectivity index (χ3n) is 1.64. The summed E-state index contributed by atoms with van der Waals surface area (Å²) >= 11 is 5.80. The molecule has 0 radical (unpaired) electrons. The number of aliphatic hydroxyl groups is 1. The SMILES string of the molecule is [N-]=[N+]=NCC(O)C1(Cl)CC1. The first-order valence-corrected chi connectivity index (χ1v) is 3.45. The summed E-state index contributed by atoms with van der Waals surface area (Å²) in [5, 5.41) is 12.4. The van der Waals surface area contributed by atoms with Gasteiger partial charge in [-0.15, -0.1) is 11.6 Å². The number of halogens is 1. The van der Waals surface area contributed by atoms with Crippen molar-refractivity contribution in [2.75, 3.05) is 6.54 Å². The first-order valence-electron chi connectivity index (χ1n) is 3.07. The highest BCUT2D eigenvalue weighted by atomic mass is 35.5. The standard InChI is InChI=1S/C5H8ClN3O/c6-5(1-2-5)4(10)3-8-9-7/h4,10H,1-3H2. The van der Waals surface area contributed by atoms with Gasteiger partial charge in [-0.1, -0.05) is 5.11 Å². The number of aliphatic hydroxyl groups excluding tert-OH is 1. The summed E-state index contributed by atoms with van der Waals surface area (Å²) < 4.78 is 0. The van der Waals surface area contributed by atoms with E-state index in [1.165, 1.54) is 0 Å². The van der Waals surface area contributed by atoms with Crippen molar-refractivity contribution >= 4 is 11.6 Å². The fourth-order valence-electron chi connectivity index (χ4n) is 0.730. The lowest BCUT2D eigenvalue weighted by Gasteiger charge is -2.11. The number of hydrogen-bond acceptors (Lipinski definition) is 2. The summed E-state index contributed by atoms with van der Waals surface area (Å²) in [5.74, 6) is 0. The number of hydrogen-bond donors (Lipinski definition) is 1. The molecule has 0 heterocycles. The molecular formula is C5H8ClN3O. The van der Waals surface area contributed by atoms with Crippen LogP contribution in [0.4, 0.5) is 0 Å². The topological polar surface area (TPSA) is 69.0 Å². The van der Waals surface area contributed by atoms with Crippen LogP contribution < -0.4 is 0 Å². The maximum atomic E-state index is 9.18. The van der Waals surface area contributed by atoms with Gasteiger partial charge < -0.3 is 5.11 Å². The molecule has 0 spiro atoms. The van der Waals surface area contributed by atoms with E-state index in [9.17, 15) is 5.11 Å². The second-order valence-corrected chi connectivity index (χ2v) is 3.22. The van der Waals surface area contributed by atoms with Crippen molar-refractivity contribution in [2.45, 2.75) is 23.8 Å². The Balaban J connectivity index is 2.34. The highest BCUT2D eigenvalue weighted by Gasteiger charge is 2.46. The highest BCUT2D eigenvalue weighted by Crippen LogP contribution is 2.45. The summed E-state index contributed by atoms with van der Waals surface area (Å²) in [6.45, 7) is 0.0833. The maximum Gasteiger partial charge on any atom is 0.0788 e. The quantitative estimate of drug-likeness (QED) is 0.289. The van der Waals surface area contributed by atoms with Gasteiger partial charge in [0, 0.05) is 4.91 Å². The second-order valence-electron chi connectivity index (χ2n) is 2.46. The molecule has 0 aliphatic heterocycles.